The number of nitrogens with one attached hydrogen (secondary N) is 1. The average molecular weight is 357 g/mol. The highest BCUT2D eigenvalue weighted by Gasteiger charge is 2.17. The van der Waals surface area contributed by atoms with Gasteiger partial charge in [0, 0.05) is 0 Å². The van der Waals surface area contributed by atoms with E-state index < -0.39 is 10.0 Å². The van der Waals surface area contributed by atoms with Crippen molar-refractivity contribution in [3.8, 4) is 11.5 Å². The largest absolute Gasteiger partial charge is 0.497 e. The molecule has 0 atom stereocenters. The summed E-state index contributed by atoms with van der Waals surface area (Å²) < 4.78 is 38.7. The van der Waals surface area contributed by atoms with Crippen molar-refractivity contribution in [2.24, 2.45) is 0 Å². The van der Waals surface area contributed by atoms with Gasteiger partial charge in [-0.2, -0.15) is 0 Å². The predicted molar refractivity (Wildman–Crippen MR) is 98.9 cm³/mol. The van der Waals surface area contributed by atoms with Gasteiger partial charge in [0.25, 0.3) is 10.0 Å². The Morgan fingerprint density at radius 2 is 1.68 bits per heavy atom. The van der Waals surface area contributed by atoms with Crippen molar-refractivity contribution >= 4 is 26.5 Å². The van der Waals surface area contributed by atoms with Crippen molar-refractivity contribution in [3.63, 3.8) is 0 Å². The first-order chi connectivity index (χ1) is 12.0. The number of methoxy groups -OCH3 is 1. The van der Waals surface area contributed by atoms with E-state index in [9.17, 15) is 8.42 Å². The SMILES string of the molecule is CCOc1ccccc1NS(=O)(=O)c1ccc2cc(OC)ccc2c1. The van der Waals surface area contributed by atoms with E-state index in [1.807, 2.05) is 19.1 Å². The van der Waals surface area contributed by atoms with E-state index in [4.69, 9.17) is 9.47 Å². The van der Waals surface area contributed by atoms with Crippen LogP contribution in [0.1, 0.15) is 6.92 Å². The highest BCUT2D eigenvalue weighted by molar-refractivity contribution is 7.92. The molecule has 0 bridgehead atoms. The number of benzene rings is 3. The Morgan fingerprint density at radius 3 is 2.44 bits per heavy atom. The smallest absolute Gasteiger partial charge is 0.262 e. The van der Waals surface area contributed by atoms with Crippen LogP contribution in [0.25, 0.3) is 10.8 Å². The van der Waals surface area contributed by atoms with E-state index in [1.165, 1.54) is 0 Å². The van der Waals surface area contributed by atoms with Gasteiger partial charge in [-0.3, -0.25) is 4.72 Å². The van der Waals surface area contributed by atoms with Crippen LogP contribution >= 0.6 is 0 Å². The van der Waals surface area contributed by atoms with E-state index in [1.54, 1.807) is 55.6 Å². The van der Waals surface area contributed by atoms with Crippen LogP contribution in [0.3, 0.4) is 0 Å². The molecule has 0 unspecified atom stereocenters. The second-order valence-corrected chi connectivity index (χ2v) is 7.09. The van der Waals surface area contributed by atoms with Gasteiger partial charge in [0.1, 0.15) is 11.5 Å². The summed E-state index contributed by atoms with van der Waals surface area (Å²) in [4.78, 5) is 0.191. The summed E-state index contributed by atoms with van der Waals surface area (Å²) in [6, 6.07) is 17.4. The van der Waals surface area contributed by atoms with Crippen molar-refractivity contribution < 1.29 is 17.9 Å². The minimum atomic E-state index is -3.72. The quantitative estimate of drug-likeness (QED) is 0.723. The molecule has 0 amide bonds. The van der Waals surface area contributed by atoms with Crippen molar-refractivity contribution in [3.05, 3.63) is 60.7 Å². The summed E-state index contributed by atoms with van der Waals surface area (Å²) in [5, 5.41) is 1.73. The van der Waals surface area contributed by atoms with Crippen LogP contribution in [0.5, 0.6) is 11.5 Å². The molecule has 0 saturated heterocycles. The molecule has 1 N–H and O–H groups in total. The van der Waals surface area contributed by atoms with E-state index in [2.05, 4.69) is 4.72 Å². The molecular weight excluding hydrogens is 338 g/mol. The molecule has 0 aromatic heterocycles. The third-order valence-corrected chi connectivity index (χ3v) is 5.12. The predicted octanol–water partition coefficient (Wildman–Crippen LogP) is 4.05. The minimum absolute atomic E-state index is 0.191. The fraction of sp³-hybridized carbons (Fsp3) is 0.158. The molecule has 0 aliphatic rings. The van der Waals surface area contributed by atoms with Crippen molar-refractivity contribution in [2.45, 2.75) is 11.8 Å². The number of ether oxygens (including phenoxy) is 2. The highest BCUT2D eigenvalue weighted by atomic mass is 32.2. The molecule has 5 nitrogen and oxygen atoms in total. The Hall–Kier alpha value is -2.73. The van der Waals surface area contributed by atoms with Crippen molar-refractivity contribution in [2.75, 3.05) is 18.4 Å². The first kappa shape index (κ1) is 17.1. The van der Waals surface area contributed by atoms with Gasteiger partial charge in [-0.15, -0.1) is 0 Å². The Morgan fingerprint density at radius 1 is 0.960 bits per heavy atom. The zero-order valence-corrected chi connectivity index (χ0v) is 14.8. The summed E-state index contributed by atoms with van der Waals surface area (Å²) in [5.41, 5.74) is 0.416. The topological polar surface area (TPSA) is 64.6 Å². The molecule has 6 heteroatoms. The van der Waals surface area contributed by atoms with Gasteiger partial charge in [0.15, 0.2) is 0 Å². The zero-order valence-electron chi connectivity index (χ0n) is 14.0. The molecule has 0 fully saturated rings. The normalized spacial score (nSPS) is 11.3. The first-order valence-corrected chi connectivity index (χ1v) is 9.34. The van der Waals surface area contributed by atoms with Crippen LogP contribution < -0.4 is 14.2 Å². The zero-order chi connectivity index (χ0) is 17.9. The van der Waals surface area contributed by atoms with Crippen LogP contribution in [-0.2, 0) is 10.0 Å². The molecule has 3 rings (SSSR count). The number of fused-ring (bicyclic) bond motifs is 1. The lowest BCUT2D eigenvalue weighted by Crippen LogP contribution is -2.13. The maximum Gasteiger partial charge on any atom is 0.262 e. The lowest BCUT2D eigenvalue weighted by atomic mass is 10.1. The summed E-state index contributed by atoms with van der Waals surface area (Å²) in [5.74, 6) is 1.23. The summed E-state index contributed by atoms with van der Waals surface area (Å²) in [6.45, 7) is 2.30. The number of hydrogen-bond donors (Lipinski definition) is 1. The van der Waals surface area contributed by atoms with Crippen LogP contribution in [0.2, 0.25) is 0 Å². The van der Waals surface area contributed by atoms with E-state index in [-0.39, 0.29) is 4.90 Å². The summed E-state index contributed by atoms with van der Waals surface area (Å²) in [6.07, 6.45) is 0. The van der Waals surface area contributed by atoms with Gasteiger partial charge in [-0.1, -0.05) is 24.3 Å². The van der Waals surface area contributed by atoms with Gasteiger partial charge in [-0.25, -0.2) is 8.42 Å². The lowest BCUT2D eigenvalue weighted by Gasteiger charge is -2.13. The van der Waals surface area contributed by atoms with Gasteiger partial charge in [0.2, 0.25) is 0 Å². The Kier molecular flexibility index (Phi) is 4.81. The molecular formula is C19H19NO4S. The fourth-order valence-electron chi connectivity index (χ4n) is 2.53. The van der Waals surface area contributed by atoms with Crippen LogP contribution in [-0.4, -0.2) is 22.1 Å². The van der Waals surface area contributed by atoms with Crippen LogP contribution in [0, 0.1) is 0 Å². The summed E-state index contributed by atoms with van der Waals surface area (Å²) in [7, 11) is -2.13. The van der Waals surface area contributed by atoms with Crippen LogP contribution in [0.4, 0.5) is 5.69 Å². The Labute approximate surface area is 147 Å². The fourth-order valence-corrected chi connectivity index (χ4v) is 3.64. The molecule has 0 radical (unpaired) electrons. The summed E-state index contributed by atoms with van der Waals surface area (Å²) >= 11 is 0. The highest BCUT2D eigenvalue weighted by Crippen LogP contribution is 2.28. The maximum absolute atomic E-state index is 12.7. The second kappa shape index (κ2) is 7.03. The van der Waals surface area contributed by atoms with Crippen LogP contribution in [0.15, 0.2) is 65.6 Å². The molecule has 3 aromatic rings. The Bertz CT molecular complexity index is 999. The molecule has 0 aliphatic heterocycles. The van der Waals surface area contributed by atoms with Gasteiger partial charge in [0.05, 0.1) is 24.3 Å². The molecule has 3 aromatic carbocycles. The maximum atomic E-state index is 12.7. The van der Waals surface area contributed by atoms with E-state index >= 15 is 0 Å². The number of sulfonamides is 1. The number of para-hydroxylation sites is 2. The van der Waals surface area contributed by atoms with Gasteiger partial charge >= 0.3 is 0 Å². The monoisotopic (exact) mass is 357 g/mol. The minimum Gasteiger partial charge on any atom is -0.497 e. The van der Waals surface area contributed by atoms with Gasteiger partial charge < -0.3 is 9.47 Å². The third kappa shape index (κ3) is 3.69. The average Bonchev–Trinajstić information content (AvgIpc) is 2.62. The molecule has 25 heavy (non-hydrogen) atoms. The molecule has 0 saturated carbocycles. The molecule has 0 heterocycles. The molecule has 0 spiro atoms. The Balaban J connectivity index is 1.96. The first-order valence-electron chi connectivity index (χ1n) is 7.86. The lowest BCUT2D eigenvalue weighted by molar-refractivity contribution is 0.342. The second-order valence-electron chi connectivity index (χ2n) is 5.41. The number of anilines is 1. The van der Waals surface area contributed by atoms with Crippen molar-refractivity contribution in [1.82, 2.24) is 0 Å². The van der Waals surface area contributed by atoms with Gasteiger partial charge in [-0.05, 0) is 54.1 Å². The number of hydrogen-bond acceptors (Lipinski definition) is 4. The molecule has 0 aliphatic carbocycles. The van der Waals surface area contributed by atoms with E-state index in [0.717, 1.165) is 16.5 Å². The third-order valence-electron chi connectivity index (χ3n) is 3.76. The number of rotatable bonds is 6. The molecule has 130 valence electrons. The van der Waals surface area contributed by atoms with Crippen molar-refractivity contribution in [1.29, 1.82) is 0 Å². The van der Waals surface area contributed by atoms with E-state index in [0.29, 0.717) is 18.0 Å². The standard InChI is InChI=1S/C19H19NO4S/c1-3-24-19-7-5-4-6-18(19)20-25(21,22)17-11-9-14-12-16(23-2)10-8-15(14)13-17/h4-13,20H,3H2,1-2H3.